The molecular weight excluding hydrogens is 226 g/mol. The van der Waals surface area contributed by atoms with Crippen LogP contribution in [0.2, 0.25) is 0 Å². The molecule has 4 heteroatoms. The van der Waals surface area contributed by atoms with Crippen molar-refractivity contribution in [3.8, 4) is 0 Å². The van der Waals surface area contributed by atoms with E-state index in [0.29, 0.717) is 6.54 Å². The van der Waals surface area contributed by atoms with E-state index in [2.05, 4.69) is 17.2 Å². The molecule has 0 saturated carbocycles. The van der Waals surface area contributed by atoms with Crippen molar-refractivity contribution in [1.29, 1.82) is 0 Å². The average Bonchev–Trinajstić information content (AvgIpc) is 2.42. The second-order valence-corrected chi connectivity index (χ2v) is 4.16. The first-order valence-corrected chi connectivity index (χ1v) is 6.07. The lowest BCUT2D eigenvalue weighted by Gasteiger charge is -2.13. The van der Waals surface area contributed by atoms with Crippen LogP contribution in [-0.4, -0.2) is 16.1 Å². The highest BCUT2D eigenvalue weighted by molar-refractivity contribution is 5.07. The Hall–Kier alpha value is -1.94. The Morgan fingerprint density at radius 1 is 1.28 bits per heavy atom. The van der Waals surface area contributed by atoms with E-state index in [1.54, 1.807) is 29.1 Å². The lowest BCUT2D eigenvalue weighted by Crippen LogP contribution is -2.28. The highest BCUT2D eigenvalue weighted by Crippen LogP contribution is 2.06. The van der Waals surface area contributed by atoms with Gasteiger partial charge in [-0.15, -0.1) is 0 Å². The van der Waals surface area contributed by atoms with Crippen molar-refractivity contribution in [2.45, 2.75) is 19.5 Å². The van der Waals surface area contributed by atoms with Crippen molar-refractivity contribution < 1.29 is 0 Å². The fourth-order valence-electron chi connectivity index (χ4n) is 1.78. The predicted molar refractivity (Wildman–Crippen MR) is 71.4 cm³/mol. The molecule has 0 bridgehead atoms. The summed E-state index contributed by atoms with van der Waals surface area (Å²) in [6, 6.07) is 11.2. The monoisotopic (exact) mass is 243 g/mol. The normalized spacial score (nSPS) is 12.3. The van der Waals surface area contributed by atoms with Gasteiger partial charge in [-0.25, -0.2) is 0 Å². The summed E-state index contributed by atoms with van der Waals surface area (Å²) >= 11 is 0. The molecule has 1 atom stereocenters. The van der Waals surface area contributed by atoms with E-state index in [0.717, 1.165) is 12.2 Å². The van der Waals surface area contributed by atoms with Crippen molar-refractivity contribution in [1.82, 2.24) is 14.9 Å². The summed E-state index contributed by atoms with van der Waals surface area (Å²) in [7, 11) is 0. The lowest BCUT2D eigenvalue weighted by atomic mass is 10.2. The number of nitrogens with one attached hydrogen (secondary N) is 1. The molecule has 0 aliphatic carbocycles. The minimum atomic E-state index is 0.0322. The summed E-state index contributed by atoms with van der Waals surface area (Å²) in [6.07, 6.45) is 3.59. The SMILES string of the molecule is C[C@H](NCCn1ccccc1=O)c1ccccn1. The molecule has 0 aliphatic rings. The molecule has 0 aliphatic heterocycles. The number of rotatable bonds is 5. The third-order valence-electron chi connectivity index (χ3n) is 2.83. The van der Waals surface area contributed by atoms with Gasteiger partial charge in [0.15, 0.2) is 0 Å². The zero-order valence-corrected chi connectivity index (χ0v) is 10.4. The van der Waals surface area contributed by atoms with Crippen molar-refractivity contribution in [3.05, 3.63) is 64.8 Å². The van der Waals surface area contributed by atoms with Gasteiger partial charge in [-0.05, 0) is 25.1 Å². The first-order valence-electron chi connectivity index (χ1n) is 6.07. The third-order valence-corrected chi connectivity index (χ3v) is 2.83. The zero-order valence-electron chi connectivity index (χ0n) is 10.4. The molecule has 2 aromatic heterocycles. The maximum Gasteiger partial charge on any atom is 0.250 e. The van der Waals surface area contributed by atoms with Crippen LogP contribution in [0.4, 0.5) is 0 Å². The highest BCUT2D eigenvalue weighted by atomic mass is 16.1. The predicted octanol–water partition coefficient (Wildman–Crippen LogP) is 1.59. The Morgan fingerprint density at radius 3 is 2.83 bits per heavy atom. The fraction of sp³-hybridized carbons (Fsp3) is 0.286. The van der Waals surface area contributed by atoms with E-state index < -0.39 is 0 Å². The summed E-state index contributed by atoms with van der Waals surface area (Å²) in [5.41, 5.74) is 1.04. The number of pyridine rings is 2. The van der Waals surface area contributed by atoms with Crippen LogP contribution in [0.1, 0.15) is 18.7 Å². The van der Waals surface area contributed by atoms with Crippen LogP contribution in [0.15, 0.2) is 53.6 Å². The molecule has 0 saturated heterocycles. The molecule has 18 heavy (non-hydrogen) atoms. The molecule has 1 N–H and O–H groups in total. The van der Waals surface area contributed by atoms with Crippen LogP contribution in [0, 0.1) is 0 Å². The van der Waals surface area contributed by atoms with Crippen LogP contribution < -0.4 is 10.9 Å². The second-order valence-electron chi connectivity index (χ2n) is 4.16. The number of aromatic nitrogens is 2. The summed E-state index contributed by atoms with van der Waals surface area (Å²) in [5, 5.41) is 3.35. The number of nitrogens with zero attached hydrogens (tertiary/aromatic N) is 2. The first-order chi connectivity index (χ1) is 8.77. The van der Waals surface area contributed by atoms with Crippen LogP contribution in [0.3, 0.4) is 0 Å². The molecule has 0 aromatic carbocycles. The molecule has 94 valence electrons. The molecule has 0 spiro atoms. The van der Waals surface area contributed by atoms with Crippen LogP contribution in [0.5, 0.6) is 0 Å². The molecule has 0 unspecified atom stereocenters. The van der Waals surface area contributed by atoms with Crippen molar-refractivity contribution in [3.63, 3.8) is 0 Å². The van der Waals surface area contributed by atoms with E-state index in [-0.39, 0.29) is 11.6 Å². The Kier molecular flexibility index (Phi) is 4.25. The van der Waals surface area contributed by atoms with E-state index in [4.69, 9.17) is 0 Å². The van der Waals surface area contributed by atoms with Gasteiger partial charge in [-0.3, -0.25) is 9.78 Å². The van der Waals surface area contributed by atoms with Gasteiger partial charge < -0.3 is 9.88 Å². The van der Waals surface area contributed by atoms with E-state index in [1.165, 1.54) is 0 Å². The van der Waals surface area contributed by atoms with E-state index >= 15 is 0 Å². The topological polar surface area (TPSA) is 46.9 Å². The Morgan fingerprint density at radius 2 is 2.11 bits per heavy atom. The van der Waals surface area contributed by atoms with Gasteiger partial charge in [-0.1, -0.05) is 12.1 Å². The largest absolute Gasteiger partial charge is 0.314 e. The molecule has 4 nitrogen and oxygen atoms in total. The standard InChI is InChI=1S/C14H17N3O/c1-12(13-6-2-4-8-16-13)15-9-11-17-10-5-3-7-14(17)18/h2-8,10,12,15H,9,11H2,1H3/t12-/m0/s1. The fourth-order valence-corrected chi connectivity index (χ4v) is 1.78. The maximum atomic E-state index is 11.5. The highest BCUT2D eigenvalue weighted by Gasteiger charge is 2.04. The Bertz CT molecular complexity index is 536. The molecular formula is C14H17N3O. The van der Waals surface area contributed by atoms with Crippen LogP contribution in [0.25, 0.3) is 0 Å². The Labute approximate surface area is 106 Å². The first kappa shape index (κ1) is 12.5. The van der Waals surface area contributed by atoms with E-state index in [9.17, 15) is 4.79 Å². The Balaban J connectivity index is 1.86. The number of hydrogen-bond donors (Lipinski definition) is 1. The molecule has 2 aromatic rings. The molecule has 0 radical (unpaired) electrons. The van der Waals surface area contributed by atoms with Gasteiger partial charge in [0.2, 0.25) is 0 Å². The third kappa shape index (κ3) is 3.28. The summed E-state index contributed by atoms with van der Waals surface area (Å²) in [6.45, 7) is 3.47. The summed E-state index contributed by atoms with van der Waals surface area (Å²) < 4.78 is 1.69. The van der Waals surface area contributed by atoms with Gasteiger partial charge >= 0.3 is 0 Å². The molecule has 0 amide bonds. The maximum absolute atomic E-state index is 11.5. The molecule has 0 fully saturated rings. The van der Waals surface area contributed by atoms with E-state index in [1.807, 2.05) is 24.3 Å². The summed E-state index contributed by atoms with van der Waals surface area (Å²) in [5.74, 6) is 0. The van der Waals surface area contributed by atoms with Gasteiger partial charge in [-0.2, -0.15) is 0 Å². The lowest BCUT2D eigenvalue weighted by molar-refractivity contribution is 0.517. The smallest absolute Gasteiger partial charge is 0.250 e. The number of hydrogen-bond acceptors (Lipinski definition) is 3. The van der Waals surface area contributed by atoms with Crippen molar-refractivity contribution >= 4 is 0 Å². The summed E-state index contributed by atoms with van der Waals surface area (Å²) in [4.78, 5) is 15.8. The second kappa shape index (κ2) is 6.12. The van der Waals surface area contributed by atoms with Gasteiger partial charge in [0.05, 0.1) is 5.69 Å². The minimum absolute atomic E-state index is 0.0322. The average molecular weight is 243 g/mol. The van der Waals surface area contributed by atoms with Crippen LogP contribution >= 0.6 is 0 Å². The van der Waals surface area contributed by atoms with Crippen molar-refractivity contribution in [2.75, 3.05) is 6.54 Å². The van der Waals surface area contributed by atoms with Gasteiger partial charge in [0.25, 0.3) is 5.56 Å². The zero-order chi connectivity index (χ0) is 12.8. The minimum Gasteiger partial charge on any atom is -0.314 e. The van der Waals surface area contributed by atoms with Crippen LogP contribution in [-0.2, 0) is 6.54 Å². The van der Waals surface area contributed by atoms with Gasteiger partial charge in [0.1, 0.15) is 0 Å². The van der Waals surface area contributed by atoms with Crippen molar-refractivity contribution in [2.24, 2.45) is 0 Å². The van der Waals surface area contributed by atoms with Gasteiger partial charge in [0, 0.05) is 37.6 Å². The molecule has 2 heterocycles. The quantitative estimate of drug-likeness (QED) is 0.867. The molecule has 2 rings (SSSR count).